The number of ether oxygens (including phenoxy) is 1. The third-order valence-electron chi connectivity index (χ3n) is 2.96. The standard InChI is InChI=1S/C14H20N6O/c1-3-20(9-11-6-4-5-7-16-11)14-8-12(19-15)17-13(18-14)10-21-2/h4-8H,3,9-10,15H2,1-2H3,(H,17,18,19). The van der Waals surface area contributed by atoms with Gasteiger partial charge in [0, 0.05) is 25.9 Å². The Kier molecular flexibility index (Phi) is 5.42. The number of rotatable bonds is 7. The van der Waals surface area contributed by atoms with Crippen molar-refractivity contribution in [1.29, 1.82) is 0 Å². The molecule has 0 aromatic carbocycles. The number of pyridine rings is 1. The molecule has 2 aromatic heterocycles. The van der Waals surface area contributed by atoms with Crippen LogP contribution in [0.2, 0.25) is 0 Å². The number of hydrogen-bond acceptors (Lipinski definition) is 7. The van der Waals surface area contributed by atoms with Gasteiger partial charge in [0.15, 0.2) is 5.82 Å². The molecule has 21 heavy (non-hydrogen) atoms. The highest BCUT2D eigenvalue weighted by molar-refractivity contribution is 5.49. The Bertz CT molecular complexity index is 563. The normalized spacial score (nSPS) is 10.4. The summed E-state index contributed by atoms with van der Waals surface area (Å²) >= 11 is 0. The second-order valence-corrected chi connectivity index (χ2v) is 4.44. The zero-order chi connectivity index (χ0) is 15.1. The van der Waals surface area contributed by atoms with E-state index < -0.39 is 0 Å². The van der Waals surface area contributed by atoms with Gasteiger partial charge < -0.3 is 15.1 Å². The Balaban J connectivity index is 2.26. The Morgan fingerprint density at radius 2 is 2.19 bits per heavy atom. The summed E-state index contributed by atoms with van der Waals surface area (Å²) in [5.41, 5.74) is 3.54. The van der Waals surface area contributed by atoms with Crippen LogP contribution in [0.15, 0.2) is 30.5 Å². The highest BCUT2D eigenvalue weighted by Crippen LogP contribution is 2.17. The number of nitrogen functional groups attached to an aromatic ring is 1. The maximum absolute atomic E-state index is 5.47. The first kappa shape index (κ1) is 15.1. The van der Waals surface area contributed by atoms with Crippen LogP contribution in [0.25, 0.3) is 0 Å². The first-order valence-electron chi connectivity index (χ1n) is 6.75. The Morgan fingerprint density at radius 1 is 1.33 bits per heavy atom. The molecule has 2 aromatic rings. The fourth-order valence-corrected chi connectivity index (χ4v) is 1.95. The summed E-state index contributed by atoms with van der Waals surface area (Å²) in [6, 6.07) is 7.67. The van der Waals surface area contributed by atoms with Gasteiger partial charge in [0.25, 0.3) is 0 Å². The zero-order valence-corrected chi connectivity index (χ0v) is 12.3. The fraction of sp³-hybridized carbons (Fsp3) is 0.357. The molecule has 0 fully saturated rings. The van der Waals surface area contributed by atoms with Gasteiger partial charge in [0.05, 0.1) is 12.2 Å². The van der Waals surface area contributed by atoms with Crippen LogP contribution in [0.1, 0.15) is 18.4 Å². The molecule has 0 saturated heterocycles. The number of nitrogens with one attached hydrogen (secondary N) is 1. The van der Waals surface area contributed by atoms with E-state index in [9.17, 15) is 0 Å². The predicted molar refractivity (Wildman–Crippen MR) is 81.5 cm³/mol. The maximum Gasteiger partial charge on any atom is 0.158 e. The number of anilines is 2. The van der Waals surface area contributed by atoms with Crippen molar-refractivity contribution in [1.82, 2.24) is 15.0 Å². The van der Waals surface area contributed by atoms with Crippen LogP contribution in [0, 0.1) is 0 Å². The number of nitrogens with two attached hydrogens (primary N) is 1. The van der Waals surface area contributed by atoms with Crippen molar-refractivity contribution in [3.05, 3.63) is 42.0 Å². The Hall–Kier alpha value is -2.25. The molecular formula is C14H20N6O. The zero-order valence-electron chi connectivity index (χ0n) is 12.3. The molecule has 0 atom stereocenters. The molecule has 0 aliphatic heterocycles. The van der Waals surface area contributed by atoms with Crippen LogP contribution < -0.4 is 16.2 Å². The first-order chi connectivity index (χ1) is 10.3. The molecule has 0 unspecified atom stereocenters. The SMILES string of the molecule is CCN(Cc1ccccn1)c1cc(NN)nc(COC)n1. The second-order valence-electron chi connectivity index (χ2n) is 4.44. The van der Waals surface area contributed by atoms with Gasteiger partial charge in [-0.3, -0.25) is 4.98 Å². The van der Waals surface area contributed by atoms with E-state index in [1.54, 1.807) is 13.3 Å². The van der Waals surface area contributed by atoms with E-state index in [2.05, 4.69) is 32.2 Å². The summed E-state index contributed by atoms with van der Waals surface area (Å²) in [6.45, 7) is 3.87. The van der Waals surface area contributed by atoms with Gasteiger partial charge in [-0.1, -0.05) is 6.07 Å². The lowest BCUT2D eigenvalue weighted by atomic mass is 10.3. The van der Waals surface area contributed by atoms with Gasteiger partial charge in [0.1, 0.15) is 18.2 Å². The summed E-state index contributed by atoms with van der Waals surface area (Å²) in [5.74, 6) is 7.40. The number of methoxy groups -OCH3 is 1. The molecule has 0 aliphatic rings. The fourth-order valence-electron chi connectivity index (χ4n) is 1.95. The van der Waals surface area contributed by atoms with Crippen LogP contribution >= 0.6 is 0 Å². The van der Waals surface area contributed by atoms with Gasteiger partial charge in [-0.2, -0.15) is 0 Å². The van der Waals surface area contributed by atoms with Crippen molar-refractivity contribution >= 4 is 11.6 Å². The number of nitrogens with zero attached hydrogens (tertiary/aromatic N) is 4. The first-order valence-corrected chi connectivity index (χ1v) is 6.75. The van der Waals surface area contributed by atoms with E-state index in [4.69, 9.17) is 10.6 Å². The lowest BCUT2D eigenvalue weighted by molar-refractivity contribution is 0.178. The molecule has 7 heteroatoms. The Labute approximate surface area is 124 Å². The van der Waals surface area contributed by atoms with Crippen molar-refractivity contribution < 1.29 is 4.74 Å². The molecule has 3 N–H and O–H groups in total. The quantitative estimate of drug-likeness (QED) is 0.587. The summed E-state index contributed by atoms with van der Waals surface area (Å²) in [7, 11) is 1.61. The van der Waals surface area contributed by atoms with Crippen LogP contribution in [0.5, 0.6) is 0 Å². The van der Waals surface area contributed by atoms with Crippen LogP contribution in [0.3, 0.4) is 0 Å². The minimum Gasteiger partial charge on any atom is -0.377 e. The van der Waals surface area contributed by atoms with E-state index in [1.807, 2.05) is 24.3 Å². The molecule has 0 amide bonds. The Morgan fingerprint density at radius 3 is 2.81 bits per heavy atom. The summed E-state index contributed by atoms with van der Waals surface area (Å²) in [5, 5.41) is 0. The van der Waals surface area contributed by atoms with E-state index in [-0.39, 0.29) is 0 Å². The van der Waals surface area contributed by atoms with Gasteiger partial charge in [-0.15, -0.1) is 0 Å². The molecule has 112 valence electrons. The van der Waals surface area contributed by atoms with Gasteiger partial charge in [0.2, 0.25) is 0 Å². The van der Waals surface area contributed by atoms with Crippen molar-refractivity contribution in [2.45, 2.75) is 20.1 Å². The average molecular weight is 288 g/mol. The molecular weight excluding hydrogens is 268 g/mol. The lowest BCUT2D eigenvalue weighted by Gasteiger charge is -2.22. The number of hydrogen-bond donors (Lipinski definition) is 2. The summed E-state index contributed by atoms with van der Waals surface area (Å²) in [4.78, 5) is 15.2. The van der Waals surface area contributed by atoms with Crippen LogP contribution in [-0.2, 0) is 17.9 Å². The number of hydrazine groups is 1. The van der Waals surface area contributed by atoms with Crippen molar-refractivity contribution in [3.63, 3.8) is 0 Å². The van der Waals surface area contributed by atoms with E-state index >= 15 is 0 Å². The highest BCUT2D eigenvalue weighted by Gasteiger charge is 2.11. The largest absolute Gasteiger partial charge is 0.377 e. The molecule has 0 bridgehead atoms. The number of aromatic nitrogens is 3. The average Bonchev–Trinajstić information content (AvgIpc) is 2.53. The molecule has 0 saturated carbocycles. The molecule has 0 aliphatic carbocycles. The van der Waals surface area contributed by atoms with E-state index in [1.165, 1.54) is 0 Å². The molecule has 0 spiro atoms. The van der Waals surface area contributed by atoms with Crippen molar-refractivity contribution in [2.24, 2.45) is 5.84 Å². The smallest absolute Gasteiger partial charge is 0.158 e. The minimum absolute atomic E-state index is 0.337. The maximum atomic E-state index is 5.47. The molecule has 2 heterocycles. The van der Waals surface area contributed by atoms with Crippen LogP contribution in [-0.4, -0.2) is 28.6 Å². The monoisotopic (exact) mass is 288 g/mol. The third kappa shape index (κ3) is 4.11. The third-order valence-corrected chi connectivity index (χ3v) is 2.96. The minimum atomic E-state index is 0.337. The van der Waals surface area contributed by atoms with Gasteiger partial charge in [-0.25, -0.2) is 15.8 Å². The predicted octanol–water partition coefficient (Wildman–Crippen LogP) is 1.33. The van der Waals surface area contributed by atoms with Gasteiger partial charge >= 0.3 is 0 Å². The summed E-state index contributed by atoms with van der Waals surface area (Å²) in [6.07, 6.45) is 1.78. The highest BCUT2D eigenvalue weighted by atomic mass is 16.5. The molecule has 2 rings (SSSR count). The van der Waals surface area contributed by atoms with Crippen molar-refractivity contribution in [2.75, 3.05) is 24.0 Å². The van der Waals surface area contributed by atoms with Crippen LogP contribution in [0.4, 0.5) is 11.6 Å². The van der Waals surface area contributed by atoms with Gasteiger partial charge in [-0.05, 0) is 19.1 Å². The summed E-state index contributed by atoms with van der Waals surface area (Å²) < 4.78 is 5.09. The molecule has 7 nitrogen and oxygen atoms in total. The topological polar surface area (TPSA) is 89.2 Å². The lowest BCUT2D eigenvalue weighted by Crippen LogP contribution is -2.25. The van der Waals surface area contributed by atoms with E-state index in [0.717, 1.165) is 18.1 Å². The van der Waals surface area contributed by atoms with E-state index in [0.29, 0.717) is 24.8 Å². The second kappa shape index (κ2) is 7.51. The molecule has 0 radical (unpaired) electrons. The van der Waals surface area contributed by atoms with Crippen molar-refractivity contribution in [3.8, 4) is 0 Å².